The number of benzene rings is 2. The smallest absolute Gasteiger partial charge is 0.351 e. The maximum absolute atomic E-state index is 12.1. The summed E-state index contributed by atoms with van der Waals surface area (Å²) in [7, 11) is 1.50. The van der Waals surface area contributed by atoms with Crippen LogP contribution in [0.2, 0.25) is 0 Å². The average molecular weight is 343 g/mol. The second-order valence-electron chi connectivity index (χ2n) is 5.22. The Morgan fingerprint density at radius 2 is 1.84 bits per heavy atom. The fourth-order valence-electron chi connectivity index (χ4n) is 2.30. The Kier molecular flexibility index (Phi) is 5.03. The zero-order valence-electron chi connectivity index (χ0n) is 13.6. The molecule has 0 bridgehead atoms. The largest absolute Gasteiger partial charge is 0.495 e. The number of anilines is 1. The molecule has 7 nitrogen and oxygen atoms in total. The van der Waals surface area contributed by atoms with Crippen molar-refractivity contribution < 1.29 is 28.5 Å². The lowest BCUT2D eigenvalue weighted by atomic mass is 10.2. The van der Waals surface area contributed by atoms with E-state index < -0.39 is 24.6 Å². The molecular formula is C18H17NO6. The van der Waals surface area contributed by atoms with E-state index >= 15 is 0 Å². The van der Waals surface area contributed by atoms with Crippen molar-refractivity contribution in [2.75, 3.05) is 25.6 Å². The van der Waals surface area contributed by atoms with Crippen molar-refractivity contribution in [3.05, 3.63) is 48.5 Å². The van der Waals surface area contributed by atoms with Gasteiger partial charge in [0.2, 0.25) is 6.10 Å². The first-order valence-corrected chi connectivity index (χ1v) is 7.65. The Morgan fingerprint density at radius 3 is 2.64 bits per heavy atom. The third-order valence-electron chi connectivity index (χ3n) is 3.50. The molecule has 0 radical (unpaired) electrons. The summed E-state index contributed by atoms with van der Waals surface area (Å²) in [5, 5.41) is 2.62. The van der Waals surface area contributed by atoms with Crippen LogP contribution in [0.3, 0.4) is 0 Å². The van der Waals surface area contributed by atoms with Crippen LogP contribution >= 0.6 is 0 Å². The highest BCUT2D eigenvalue weighted by Gasteiger charge is 2.29. The molecule has 0 spiro atoms. The molecule has 0 saturated heterocycles. The molecule has 1 amide bonds. The highest BCUT2D eigenvalue weighted by atomic mass is 16.6. The summed E-state index contributed by atoms with van der Waals surface area (Å²) < 4.78 is 21.1. The van der Waals surface area contributed by atoms with E-state index in [4.69, 9.17) is 18.9 Å². The van der Waals surface area contributed by atoms with Gasteiger partial charge in [-0.25, -0.2) is 4.79 Å². The molecule has 0 aliphatic carbocycles. The van der Waals surface area contributed by atoms with E-state index in [0.29, 0.717) is 22.9 Å². The number of hydrogen-bond acceptors (Lipinski definition) is 6. The van der Waals surface area contributed by atoms with Gasteiger partial charge in [-0.1, -0.05) is 24.3 Å². The van der Waals surface area contributed by atoms with Gasteiger partial charge >= 0.3 is 5.97 Å². The summed E-state index contributed by atoms with van der Waals surface area (Å²) in [5.74, 6) is 0.414. The van der Waals surface area contributed by atoms with Gasteiger partial charge < -0.3 is 24.3 Å². The number of para-hydroxylation sites is 4. The van der Waals surface area contributed by atoms with Crippen LogP contribution in [0.4, 0.5) is 5.69 Å². The van der Waals surface area contributed by atoms with E-state index in [1.165, 1.54) is 7.11 Å². The third-order valence-corrected chi connectivity index (χ3v) is 3.50. The minimum absolute atomic E-state index is 0.0317. The van der Waals surface area contributed by atoms with Crippen LogP contribution in [-0.2, 0) is 14.3 Å². The van der Waals surface area contributed by atoms with Crippen molar-refractivity contribution in [3.8, 4) is 17.2 Å². The average Bonchev–Trinajstić information content (AvgIpc) is 2.66. The number of rotatable bonds is 5. The van der Waals surface area contributed by atoms with Crippen molar-refractivity contribution in [1.29, 1.82) is 0 Å². The Morgan fingerprint density at radius 1 is 1.12 bits per heavy atom. The number of methoxy groups -OCH3 is 1. The zero-order chi connectivity index (χ0) is 17.6. The fraction of sp³-hybridized carbons (Fsp3) is 0.222. The fourth-order valence-corrected chi connectivity index (χ4v) is 2.30. The molecule has 0 aromatic heterocycles. The van der Waals surface area contributed by atoms with E-state index in [1.54, 1.807) is 42.5 Å². The van der Waals surface area contributed by atoms with Gasteiger partial charge in [0.1, 0.15) is 12.4 Å². The molecule has 1 aliphatic heterocycles. The van der Waals surface area contributed by atoms with Gasteiger partial charge in [-0.3, -0.25) is 4.79 Å². The number of esters is 1. The van der Waals surface area contributed by atoms with Crippen LogP contribution < -0.4 is 19.5 Å². The molecule has 130 valence electrons. The summed E-state index contributed by atoms with van der Waals surface area (Å²) in [6.45, 7) is -0.400. The Hall–Kier alpha value is -3.22. The third kappa shape index (κ3) is 4.00. The summed E-state index contributed by atoms with van der Waals surface area (Å²) in [6, 6.07) is 14.0. The van der Waals surface area contributed by atoms with Crippen LogP contribution in [0.5, 0.6) is 17.2 Å². The molecule has 2 aromatic carbocycles. The zero-order valence-corrected chi connectivity index (χ0v) is 13.6. The Bertz CT molecular complexity index is 776. The molecular weight excluding hydrogens is 326 g/mol. The van der Waals surface area contributed by atoms with Crippen molar-refractivity contribution in [2.24, 2.45) is 0 Å². The van der Waals surface area contributed by atoms with Crippen molar-refractivity contribution in [2.45, 2.75) is 6.10 Å². The monoisotopic (exact) mass is 343 g/mol. The Balaban J connectivity index is 1.52. The van der Waals surface area contributed by atoms with Crippen molar-refractivity contribution in [3.63, 3.8) is 0 Å². The van der Waals surface area contributed by atoms with E-state index in [0.717, 1.165) is 0 Å². The molecule has 1 atom stereocenters. The minimum Gasteiger partial charge on any atom is -0.495 e. The van der Waals surface area contributed by atoms with Gasteiger partial charge in [0.05, 0.1) is 12.8 Å². The van der Waals surface area contributed by atoms with E-state index in [1.807, 2.05) is 6.07 Å². The van der Waals surface area contributed by atoms with Gasteiger partial charge in [0.25, 0.3) is 5.91 Å². The van der Waals surface area contributed by atoms with Crippen LogP contribution in [0.15, 0.2) is 48.5 Å². The van der Waals surface area contributed by atoms with Gasteiger partial charge in [0, 0.05) is 0 Å². The van der Waals surface area contributed by atoms with Crippen LogP contribution in [0.25, 0.3) is 0 Å². The summed E-state index contributed by atoms with van der Waals surface area (Å²) in [6.07, 6.45) is -0.908. The number of carbonyl (C=O) groups excluding carboxylic acids is 2. The lowest BCUT2D eigenvalue weighted by Crippen LogP contribution is -2.39. The number of amides is 1. The maximum Gasteiger partial charge on any atom is 0.351 e. The predicted molar refractivity (Wildman–Crippen MR) is 88.9 cm³/mol. The first-order chi connectivity index (χ1) is 12.2. The standard InChI is InChI=1S/C18H17NO6/c1-22-13-7-3-2-6-12(13)19-17(20)11-24-18(21)16-10-23-14-8-4-5-9-15(14)25-16/h2-9,16H,10-11H2,1H3,(H,19,20)/t16-/m0/s1. The molecule has 0 fully saturated rings. The quantitative estimate of drug-likeness (QED) is 0.836. The number of ether oxygens (including phenoxy) is 4. The van der Waals surface area contributed by atoms with Crippen molar-refractivity contribution >= 4 is 17.6 Å². The highest BCUT2D eigenvalue weighted by Crippen LogP contribution is 2.31. The first kappa shape index (κ1) is 16.6. The maximum atomic E-state index is 12.1. The number of hydrogen-bond donors (Lipinski definition) is 1. The summed E-state index contributed by atoms with van der Waals surface area (Å²) in [5.41, 5.74) is 0.497. The molecule has 1 heterocycles. The first-order valence-electron chi connectivity index (χ1n) is 7.65. The van der Waals surface area contributed by atoms with E-state index in [9.17, 15) is 9.59 Å². The van der Waals surface area contributed by atoms with Crippen LogP contribution in [0.1, 0.15) is 0 Å². The van der Waals surface area contributed by atoms with Gasteiger partial charge in [-0.15, -0.1) is 0 Å². The second kappa shape index (κ2) is 7.57. The van der Waals surface area contributed by atoms with Crippen LogP contribution in [-0.4, -0.2) is 38.3 Å². The highest BCUT2D eigenvalue weighted by molar-refractivity contribution is 5.94. The molecule has 25 heavy (non-hydrogen) atoms. The number of nitrogens with one attached hydrogen (secondary N) is 1. The lowest BCUT2D eigenvalue weighted by molar-refractivity contribution is -0.156. The van der Waals surface area contributed by atoms with Crippen molar-refractivity contribution in [1.82, 2.24) is 0 Å². The normalized spacial score (nSPS) is 15.2. The lowest BCUT2D eigenvalue weighted by Gasteiger charge is -2.24. The predicted octanol–water partition coefficient (Wildman–Crippen LogP) is 2.02. The minimum atomic E-state index is -0.908. The van der Waals surface area contributed by atoms with Crippen LogP contribution in [0, 0.1) is 0 Å². The topological polar surface area (TPSA) is 83.1 Å². The van der Waals surface area contributed by atoms with E-state index in [-0.39, 0.29) is 6.61 Å². The van der Waals surface area contributed by atoms with E-state index in [2.05, 4.69) is 5.32 Å². The molecule has 1 aliphatic rings. The second-order valence-corrected chi connectivity index (χ2v) is 5.22. The van der Waals surface area contributed by atoms with Gasteiger partial charge in [-0.05, 0) is 24.3 Å². The molecule has 0 unspecified atom stereocenters. The Labute approximate surface area is 144 Å². The molecule has 0 saturated carbocycles. The molecule has 7 heteroatoms. The summed E-state index contributed by atoms with van der Waals surface area (Å²) >= 11 is 0. The molecule has 3 rings (SSSR count). The SMILES string of the molecule is COc1ccccc1NC(=O)COC(=O)[C@@H]1COc2ccccc2O1. The van der Waals surface area contributed by atoms with Gasteiger partial charge in [0.15, 0.2) is 18.1 Å². The molecule has 2 aromatic rings. The van der Waals surface area contributed by atoms with Gasteiger partial charge in [-0.2, -0.15) is 0 Å². The summed E-state index contributed by atoms with van der Waals surface area (Å²) in [4.78, 5) is 24.0. The number of carbonyl (C=O) groups is 2. The number of fused-ring (bicyclic) bond motifs is 1. The molecule has 1 N–H and O–H groups in total.